The average molecular weight is 449 g/mol. The molecule has 0 spiro atoms. The first-order chi connectivity index (χ1) is 15.8. The Morgan fingerprint density at radius 1 is 1.00 bits per heavy atom. The van der Waals surface area contributed by atoms with Crippen molar-refractivity contribution in [2.75, 3.05) is 0 Å². The number of rotatable bonds is 6. The van der Waals surface area contributed by atoms with E-state index in [-0.39, 0.29) is 12.0 Å². The van der Waals surface area contributed by atoms with Crippen LogP contribution in [-0.4, -0.2) is 16.7 Å². The minimum Gasteiger partial charge on any atom is -0.342 e. The maximum atomic E-state index is 12.9. The van der Waals surface area contributed by atoms with E-state index >= 15 is 0 Å². The molecule has 4 rings (SSSR count). The molecule has 0 aliphatic carbocycles. The number of nitrogens with one attached hydrogen (secondary N) is 1. The number of aryl methyl sites for hydroxylation is 1. The van der Waals surface area contributed by atoms with E-state index in [1.165, 1.54) is 23.3 Å². The molecule has 1 amide bonds. The molecule has 0 unspecified atom stereocenters. The van der Waals surface area contributed by atoms with Gasteiger partial charge in [0.2, 0.25) is 5.91 Å². The Morgan fingerprint density at radius 2 is 1.76 bits per heavy atom. The van der Waals surface area contributed by atoms with Crippen molar-refractivity contribution in [3.63, 3.8) is 0 Å². The summed E-state index contributed by atoms with van der Waals surface area (Å²) in [4.78, 5) is 12.2. The molecule has 3 aromatic carbocycles. The molecule has 4 aromatic rings. The predicted molar refractivity (Wildman–Crippen MR) is 123 cm³/mol. The van der Waals surface area contributed by atoms with Gasteiger partial charge in [0.15, 0.2) is 0 Å². The Balaban J connectivity index is 1.48. The third kappa shape index (κ3) is 5.49. The van der Waals surface area contributed by atoms with Crippen LogP contribution in [0.3, 0.4) is 0 Å². The second kappa shape index (κ2) is 9.32. The van der Waals surface area contributed by atoms with Crippen LogP contribution in [0, 0.1) is 6.92 Å². The van der Waals surface area contributed by atoms with E-state index < -0.39 is 17.6 Å². The Hall–Kier alpha value is -3.87. The van der Waals surface area contributed by atoms with Gasteiger partial charge in [-0.3, -0.25) is 4.79 Å². The number of aromatic nitrogens is 1. The van der Waals surface area contributed by atoms with Crippen molar-refractivity contribution in [2.45, 2.75) is 26.1 Å². The van der Waals surface area contributed by atoms with Crippen LogP contribution in [0.2, 0.25) is 0 Å². The molecule has 0 saturated heterocycles. The standard InChI is InChI=1S/C26H22F3N3O/c1-18-6-4-8-20(12-18)16-32-17-21(23-10-2-3-11-24(23)32)15-30-31-25(33)14-19-7-5-9-22(13-19)26(27,28)29/h2-13,15,17H,14,16H2,1H3,(H,31,33)/b30-15+. The van der Waals surface area contributed by atoms with Crippen molar-refractivity contribution in [2.24, 2.45) is 5.10 Å². The first-order valence-corrected chi connectivity index (χ1v) is 10.4. The maximum absolute atomic E-state index is 12.9. The molecule has 0 aliphatic heterocycles. The van der Waals surface area contributed by atoms with E-state index in [0.29, 0.717) is 6.54 Å². The summed E-state index contributed by atoms with van der Waals surface area (Å²) in [6, 6.07) is 20.9. The quantitative estimate of drug-likeness (QED) is 0.298. The largest absolute Gasteiger partial charge is 0.416 e. The molecule has 1 N–H and O–H groups in total. The van der Waals surface area contributed by atoms with E-state index in [4.69, 9.17) is 0 Å². The van der Waals surface area contributed by atoms with Crippen LogP contribution in [0.15, 0.2) is 84.1 Å². The van der Waals surface area contributed by atoms with Gasteiger partial charge in [0, 0.05) is 29.2 Å². The van der Waals surface area contributed by atoms with E-state index in [1.807, 2.05) is 36.5 Å². The molecular weight excluding hydrogens is 427 g/mol. The highest BCUT2D eigenvalue weighted by atomic mass is 19.4. The van der Waals surface area contributed by atoms with Gasteiger partial charge in [0.25, 0.3) is 0 Å². The molecule has 168 valence electrons. The number of halogens is 3. The first kappa shape index (κ1) is 22.3. The summed E-state index contributed by atoms with van der Waals surface area (Å²) < 4.78 is 40.7. The van der Waals surface area contributed by atoms with Gasteiger partial charge < -0.3 is 4.57 Å². The fourth-order valence-electron chi connectivity index (χ4n) is 3.77. The number of para-hydroxylation sites is 1. The number of fused-ring (bicyclic) bond motifs is 1. The summed E-state index contributed by atoms with van der Waals surface area (Å²) in [5, 5.41) is 5.02. The van der Waals surface area contributed by atoms with Crippen molar-refractivity contribution in [1.29, 1.82) is 0 Å². The smallest absolute Gasteiger partial charge is 0.342 e. The summed E-state index contributed by atoms with van der Waals surface area (Å²) in [5.74, 6) is -0.492. The van der Waals surface area contributed by atoms with Gasteiger partial charge in [-0.15, -0.1) is 0 Å². The zero-order valence-corrected chi connectivity index (χ0v) is 17.9. The number of hydrogen-bond acceptors (Lipinski definition) is 2. The Morgan fingerprint density at radius 3 is 2.55 bits per heavy atom. The highest BCUT2D eigenvalue weighted by Crippen LogP contribution is 2.29. The van der Waals surface area contributed by atoms with Crippen LogP contribution in [0.1, 0.15) is 27.8 Å². The van der Waals surface area contributed by atoms with Gasteiger partial charge in [-0.2, -0.15) is 18.3 Å². The number of benzene rings is 3. The van der Waals surface area contributed by atoms with E-state index in [1.54, 1.807) is 6.21 Å². The molecule has 0 fully saturated rings. The third-order valence-corrected chi connectivity index (χ3v) is 5.27. The van der Waals surface area contributed by atoms with Gasteiger partial charge in [0.05, 0.1) is 18.2 Å². The van der Waals surface area contributed by atoms with Crippen molar-refractivity contribution >= 4 is 23.0 Å². The Bertz CT molecular complexity index is 1320. The second-order valence-electron chi connectivity index (χ2n) is 7.89. The lowest BCUT2D eigenvalue weighted by Crippen LogP contribution is -2.20. The van der Waals surface area contributed by atoms with E-state index in [0.717, 1.165) is 28.6 Å². The predicted octanol–water partition coefficient (Wildman–Crippen LogP) is 5.71. The summed E-state index contributed by atoms with van der Waals surface area (Å²) >= 11 is 0. The van der Waals surface area contributed by atoms with Crippen molar-refractivity contribution in [3.8, 4) is 0 Å². The number of hydrazone groups is 1. The number of carbonyl (C=O) groups is 1. The minimum absolute atomic E-state index is 0.198. The molecule has 4 nitrogen and oxygen atoms in total. The van der Waals surface area contributed by atoms with Crippen molar-refractivity contribution < 1.29 is 18.0 Å². The van der Waals surface area contributed by atoms with Gasteiger partial charge in [-0.1, -0.05) is 66.2 Å². The van der Waals surface area contributed by atoms with Crippen LogP contribution in [0.5, 0.6) is 0 Å². The molecule has 0 aliphatic rings. The number of hydrogen-bond donors (Lipinski definition) is 1. The Kier molecular flexibility index (Phi) is 6.31. The lowest BCUT2D eigenvalue weighted by Gasteiger charge is -2.08. The highest BCUT2D eigenvalue weighted by molar-refractivity contribution is 5.99. The van der Waals surface area contributed by atoms with Crippen molar-refractivity contribution in [3.05, 3.63) is 107 Å². The minimum atomic E-state index is -4.45. The normalized spacial score (nSPS) is 11.9. The lowest BCUT2D eigenvalue weighted by molar-refractivity contribution is -0.137. The molecular formula is C26H22F3N3O. The van der Waals surface area contributed by atoms with Crippen LogP contribution in [0.25, 0.3) is 10.9 Å². The zero-order chi connectivity index (χ0) is 23.4. The molecule has 0 bridgehead atoms. The number of alkyl halides is 3. The van der Waals surface area contributed by atoms with E-state index in [2.05, 4.69) is 40.2 Å². The van der Waals surface area contributed by atoms with Crippen LogP contribution in [-0.2, 0) is 23.9 Å². The molecule has 7 heteroatoms. The number of amides is 1. The molecule has 0 atom stereocenters. The second-order valence-corrected chi connectivity index (χ2v) is 7.89. The molecule has 0 saturated carbocycles. The summed E-state index contributed by atoms with van der Waals surface area (Å²) in [7, 11) is 0. The van der Waals surface area contributed by atoms with Gasteiger partial charge in [-0.25, -0.2) is 5.43 Å². The SMILES string of the molecule is Cc1cccc(Cn2cc(/C=N/NC(=O)Cc3cccc(C(F)(F)F)c3)c3ccccc32)c1. The summed E-state index contributed by atoms with van der Waals surface area (Å²) in [6.45, 7) is 2.75. The van der Waals surface area contributed by atoms with Crippen LogP contribution in [0.4, 0.5) is 13.2 Å². The summed E-state index contributed by atoms with van der Waals surface area (Å²) in [6.07, 6.45) is -1.12. The third-order valence-electron chi connectivity index (χ3n) is 5.27. The molecule has 1 aromatic heterocycles. The van der Waals surface area contributed by atoms with E-state index in [9.17, 15) is 18.0 Å². The van der Waals surface area contributed by atoms with Gasteiger partial charge >= 0.3 is 6.18 Å². The van der Waals surface area contributed by atoms with Crippen LogP contribution < -0.4 is 5.43 Å². The van der Waals surface area contributed by atoms with Gasteiger partial charge in [0.1, 0.15) is 0 Å². The number of carbonyl (C=O) groups excluding carboxylic acids is 1. The molecule has 33 heavy (non-hydrogen) atoms. The molecule has 1 heterocycles. The average Bonchev–Trinajstić information content (AvgIpc) is 3.11. The number of nitrogens with zero attached hydrogens (tertiary/aromatic N) is 2. The monoisotopic (exact) mass is 449 g/mol. The van der Waals surface area contributed by atoms with Crippen molar-refractivity contribution in [1.82, 2.24) is 9.99 Å². The first-order valence-electron chi connectivity index (χ1n) is 10.4. The Labute approximate surface area is 189 Å². The lowest BCUT2D eigenvalue weighted by atomic mass is 10.1. The fraction of sp³-hybridized carbons (Fsp3) is 0.154. The highest BCUT2D eigenvalue weighted by Gasteiger charge is 2.30. The topological polar surface area (TPSA) is 46.4 Å². The van der Waals surface area contributed by atoms with Crippen LogP contribution >= 0.6 is 0 Å². The fourth-order valence-corrected chi connectivity index (χ4v) is 3.77. The molecule has 0 radical (unpaired) electrons. The zero-order valence-electron chi connectivity index (χ0n) is 17.9. The maximum Gasteiger partial charge on any atom is 0.416 e. The van der Waals surface area contributed by atoms with Gasteiger partial charge in [-0.05, 0) is 30.2 Å². The summed E-state index contributed by atoms with van der Waals surface area (Å²) in [5.41, 5.74) is 6.13.